The van der Waals surface area contributed by atoms with Crippen LogP contribution in [0.2, 0.25) is 0 Å². The lowest BCUT2D eigenvalue weighted by Crippen LogP contribution is -2.30. The smallest absolute Gasteiger partial charge is 0.224 e. The van der Waals surface area contributed by atoms with Gasteiger partial charge >= 0.3 is 0 Å². The van der Waals surface area contributed by atoms with Crippen LogP contribution in [0, 0.1) is 0 Å². The number of hydrogen-bond acceptors (Lipinski definition) is 8. The Morgan fingerprint density at radius 3 is 2.89 bits per heavy atom. The number of nitrogen functional groups attached to an aromatic ring is 2. The first-order valence-electron chi connectivity index (χ1n) is 5.78. The molecular weight excluding hydrogens is 252 g/mol. The van der Waals surface area contributed by atoms with E-state index in [1.165, 1.54) is 6.33 Å². The number of fused-ring (bicyclic) bond motifs is 1. The molecule has 3 atom stereocenters. The van der Waals surface area contributed by atoms with Crippen LogP contribution in [0.4, 0.5) is 11.8 Å². The van der Waals surface area contributed by atoms with Gasteiger partial charge in [0.05, 0.1) is 25.6 Å². The van der Waals surface area contributed by atoms with Crippen molar-refractivity contribution in [3.63, 3.8) is 0 Å². The van der Waals surface area contributed by atoms with Crippen LogP contribution in [0.15, 0.2) is 6.33 Å². The second-order valence-corrected chi connectivity index (χ2v) is 4.40. The molecule has 0 amide bonds. The van der Waals surface area contributed by atoms with Crippen molar-refractivity contribution in [2.45, 2.75) is 18.2 Å². The third kappa shape index (κ3) is 1.79. The molecule has 3 heterocycles. The molecule has 1 fully saturated rings. The molecule has 0 aliphatic carbocycles. The monoisotopic (exact) mass is 266 g/mol. The highest BCUT2D eigenvalue weighted by molar-refractivity contribution is 5.82. The SMILES string of the molecule is Nc1nc(N)c2ncn([C@@H]3CO[C@H](CO)[C@H]3O)c2n1. The number of nitrogens with two attached hydrogens (primary N) is 2. The van der Waals surface area contributed by atoms with E-state index >= 15 is 0 Å². The maximum absolute atomic E-state index is 10.1. The van der Waals surface area contributed by atoms with Gasteiger partial charge in [0.1, 0.15) is 17.7 Å². The minimum absolute atomic E-state index is 0.0406. The lowest BCUT2D eigenvalue weighted by molar-refractivity contribution is 0.00206. The summed E-state index contributed by atoms with van der Waals surface area (Å²) in [5.74, 6) is 0.229. The average Bonchev–Trinajstić information content (AvgIpc) is 2.92. The Kier molecular flexibility index (Phi) is 2.73. The van der Waals surface area contributed by atoms with Crippen molar-refractivity contribution >= 4 is 22.9 Å². The summed E-state index contributed by atoms with van der Waals surface area (Å²) in [6.07, 6.45) is 0.0467. The number of aliphatic hydroxyl groups is 2. The molecule has 6 N–H and O–H groups in total. The molecule has 0 aromatic carbocycles. The Labute approximate surface area is 107 Å². The van der Waals surface area contributed by atoms with Gasteiger partial charge in [-0.2, -0.15) is 9.97 Å². The highest BCUT2D eigenvalue weighted by atomic mass is 16.5. The van der Waals surface area contributed by atoms with E-state index in [-0.39, 0.29) is 25.0 Å². The van der Waals surface area contributed by atoms with Gasteiger partial charge < -0.3 is 31.0 Å². The molecule has 9 nitrogen and oxygen atoms in total. The van der Waals surface area contributed by atoms with Gasteiger partial charge in [0.25, 0.3) is 0 Å². The summed E-state index contributed by atoms with van der Waals surface area (Å²) in [4.78, 5) is 12.0. The van der Waals surface area contributed by atoms with Crippen molar-refractivity contribution in [1.29, 1.82) is 0 Å². The van der Waals surface area contributed by atoms with Crippen molar-refractivity contribution in [1.82, 2.24) is 19.5 Å². The van der Waals surface area contributed by atoms with Gasteiger partial charge in [0.15, 0.2) is 11.5 Å². The summed E-state index contributed by atoms with van der Waals surface area (Å²) < 4.78 is 6.95. The number of aromatic nitrogens is 4. The Balaban J connectivity index is 2.07. The molecule has 0 bridgehead atoms. The van der Waals surface area contributed by atoms with Crippen LogP contribution in [0.25, 0.3) is 11.2 Å². The zero-order valence-corrected chi connectivity index (χ0v) is 9.97. The number of anilines is 2. The van der Waals surface area contributed by atoms with E-state index in [1.54, 1.807) is 4.57 Å². The predicted molar refractivity (Wildman–Crippen MR) is 66.0 cm³/mol. The predicted octanol–water partition coefficient (Wildman–Crippen LogP) is -1.72. The molecule has 2 aromatic rings. The molecule has 19 heavy (non-hydrogen) atoms. The zero-order valence-electron chi connectivity index (χ0n) is 9.97. The van der Waals surface area contributed by atoms with Crippen LogP contribution < -0.4 is 11.5 Å². The highest BCUT2D eigenvalue weighted by Gasteiger charge is 2.37. The van der Waals surface area contributed by atoms with Crippen LogP contribution >= 0.6 is 0 Å². The number of imidazole rings is 1. The van der Waals surface area contributed by atoms with E-state index in [0.29, 0.717) is 11.2 Å². The highest BCUT2D eigenvalue weighted by Crippen LogP contribution is 2.28. The summed E-state index contributed by atoms with van der Waals surface area (Å²) in [7, 11) is 0. The van der Waals surface area contributed by atoms with Crippen LogP contribution in [0.3, 0.4) is 0 Å². The summed E-state index contributed by atoms with van der Waals surface area (Å²) in [6.45, 7) is 0.00518. The van der Waals surface area contributed by atoms with E-state index < -0.39 is 18.2 Å². The third-order valence-electron chi connectivity index (χ3n) is 3.26. The molecule has 0 saturated carbocycles. The van der Waals surface area contributed by atoms with Crippen LogP contribution in [-0.4, -0.2) is 55.2 Å². The minimum atomic E-state index is -0.847. The summed E-state index contributed by atoms with van der Waals surface area (Å²) in [5, 5.41) is 19.2. The number of aliphatic hydroxyl groups excluding tert-OH is 2. The van der Waals surface area contributed by atoms with Gasteiger partial charge in [0, 0.05) is 0 Å². The Hall–Kier alpha value is -1.97. The van der Waals surface area contributed by atoms with E-state index in [4.69, 9.17) is 21.3 Å². The zero-order chi connectivity index (χ0) is 13.6. The van der Waals surface area contributed by atoms with E-state index in [9.17, 15) is 5.11 Å². The fourth-order valence-electron chi connectivity index (χ4n) is 2.27. The molecule has 2 aromatic heterocycles. The van der Waals surface area contributed by atoms with Crippen LogP contribution in [0.1, 0.15) is 6.04 Å². The summed E-state index contributed by atoms with van der Waals surface area (Å²) in [5.41, 5.74) is 12.1. The first kappa shape index (κ1) is 12.1. The molecule has 9 heteroatoms. The second-order valence-electron chi connectivity index (χ2n) is 4.40. The molecule has 1 saturated heterocycles. The number of rotatable bonds is 2. The number of nitrogens with zero attached hydrogens (tertiary/aromatic N) is 4. The molecule has 1 aliphatic heterocycles. The average molecular weight is 266 g/mol. The van der Waals surface area contributed by atoms with Crippen molar-refractivity contribution in [3.8, 4) is 0 Å². The lowest BCUT2D eigenvalue weighted by Gasteiger charge is -2.17. The molecule has 0 spiro atoms. The first-order chi connectivity index (χ1) is 9.11. The standard InChI is InChI=1S/C10H14N6O3/c11-8-6-9(15-10(12)14-8)16(3-13-6)4-2-19-5(1-17)7(4)18/h3-5,7,17-18H,1-2H2,(H4,11,12,14,15)/t4-,5-,7+/m1/s1. The topological polar surface area (TPSA) is 145 Å². The Bertz CT molecular complexity index is 615. The van der Waals surface area contributed by atoms with E-state index in [0.717, 1.165) is 0 Å². The summed E-state index contributed by atoms with van der Waals surface area (Å²) in [6, 6.07) is -0.393. The summed E-state index contributed by atoms with van der Waals surface area (Å²) >= 11 is 0. The maximum Gasteiger partial charge on any atom is 0.224 e. The van der Waals surface area contributed by atoms with Crippen molar-refractivity contribution in [3.05, 3.63) is 6.33 Å². The fourth-order valence-corrected chi connectivity index (χ4v) is 2.27. The van der Waals surface area contributed by atoms with Gasteiger partial charge in [-0.15, -0.1) is 0 Å². The van der Waals surface area contributed by atoms with Gasteiger partial charge in [-0.05, 0) is 0 Å². The minimum Gasteiger partial charge on any atom is -0.394 e. The quantitative estimate of drug-likeness (QED) is 0.502. The van der Waals surface area contributed by atoms with E-state index in [2.05, 4.69) is 15.0 Å². The van der Waals surface area contributed by atoms with Crippen LogP contribution in [0.5, 0.6) is 0 Å². The van der Waals surface area contributed by atoms with Crippen molar-refractivity contribution in [2.24, 2.45) is 0 Å². The Morgan fingerprint density at radius 2 is 2.21 bits per heavy atom. The fraction of sp³-hybridized carbons (Fsp3) is 0.500. The van der Waals surface area contributed by atoms with Gasteiger partial charge in [-0.3, -0.25) is 0 Å². The molecule has 0 radical (unpaired) electrons. The van der Waals surface area contributed by atoms with Crippen molar-refractivity contribution < 1.29 is 14.9 Å². The second kappa shape index (κ2) is 4.30. The van der Waals surface area contributed by atoms with Gasteiger partial charge in [-0.1, -0.05) is 0 Å². The van der Waals surface area contributed by atoms with Crippen LogP contribution in [-0.2, 0) is 4.74 Å². The third-order valence-corrected chi connectivity index (χ3v) is 3.26. The molecule has 102 valence electrons. The van der Waals surface area contributed by atoms with Gasteiger partial charge in [0.2, 0.25) is 5.95 Å². The van der Waals surface area contributed by atoms with E-state index in [1.807, 2.05) is 0 Å². The molecule has 3 rings (SSSR count). The largest absolute Gasteiger partial charge is 0.394 e. The molecular formula is C10H14N6O3. The first-order valence-corrected chi connectivity index (χ1v) is 5.78. The van der Waals surface area contributed by atoms with Crippen molar-refractivity contribution in [2.75, 3.05) is 24.7 Å². The lowest BCUT2D eigenvalue weighted by atomic mass is 10.1. The van der Waals surface area contributed by atoms with Gasteiger partial charge in [-0.25, -0.2) is 4.98 Å². The Morgan fingerprint density at radius 1 is 1.42 bits per heavy atom. The number of ether oxygens (including phenoxy) is 1. The molecule has 1 aliphatic rings. The maximum atomic E-state index is 10.1. The normalized spacial score (nSPS) is 27.2. The number of hydrogen-bond donors (Lipinski definition) is 4. The molecule has 0 unspecified atom stereocenters.